The van der Waals surface area contributed by atoms with Crippen LogP contribution in [0, 0.1) is 13.8 Å². The third-order valence-electron chi connectivity index (χ3n) is 5.25. The number of nitrogens with one attached hydrogen (secondary N) is 3. The molecule has 0 aliphatic heterocycles. The number of anilines is 2. The van der Waals surface area contributed by atoms with Crippen molar-refractivity contribution < 1.29 is 4.79 Å². The van der Waals surface area contributed by atoms with E-state index in [1.54, 1.807) is 12.4 Å². The molecule has 0 saturated heterocycles. The maximum atomic E-state index is 12.7. The number of fused-ring (bicyclic) bond motifs is 1. The van der Waals surface area contributed by atoms with Gasteiger partial charge in [-0.3, -0.25) is 9.78 Å². The van der Waals surface area contributed by atoms with Crippen LogP contribution in [0.5, 0.6) is 0 Å². The molecule has 146 valence electrons. The molecule has 0 unspecified atom stereocenters. The van der Waals surface area contributed by atoms with Crippen molar-refractivity contribution >= 4 is 28.2 Å². The molecule has 0 aliphatic carbocycles. The van der Waals surface area contributed by atoms with Crippen LogP contribution in [0.3, 0.4) is 0 Å². The summed E-state index contributed by atoms with van der Waals surface area (Å²) >= 11 is 0. The second-order valence-electron chi connectivity index (χ2n) is 7.20. The van der Waals surface area contributed by atoms with Crippen molar-refractivity contribution in [2.45, 2.75) is 20.3 Å². The first kappa shape index (κ1) is 18.7. The molecule has 5 nitrogen and oxygen atoms in total. The van der Waals surface area contributed by atoms with Crippen LogP contribution in [0.1, 0.15) is 27.0 Å². The maximum Gasteiger partial charge on any atom is 0.257 e. The number of para-hydroxylation sites is 1. The molecular formula is C24H24N4O. The van der Waals surface area contributed by atoms with Crippen molar-refractivity contribution in [1.29, 1.82) is 0 Å². The van der Waals surface area contributed by atoms with E-state index in [4.69, 9.17) is 0 Å². The summed E-state index contributed by atoms with van der Waals surface area (Å²) in [5.41, 5.74) is 6.82. The van der Waals surface area contributed by atoms with Gasteiger partial charge in [-0.1, -0.05) is 30.3 Å². The fourth-order valence-corrected chi connectivity index (χ4v) is 3.42. The number of aromatic amines is 1. The number of H-pyrrole nitrogens is 1. The molecule has 2 aromatic carbocycles. The summed E-state index contributed by atoms with van der Waals surface area (Å²) in [6, 6.07) is 16.0. The zero-order chi connectivity index (χ0) is 20.2. The lowest BCUT2D eigenvalue weighted by Gasteiger charge is -2.11. The summed E-state index contributed by atoms with van der Waals surface area (Å²) < 4.78 is 0. The van der Waals surface area contributed by atoms with Crippen molar-refractivity contribution in [3.8, 4) is 0 Å². The van der Waals surface area contributed by atoms with Gasteiger partial charge in [-0.05, 0) is 55.2 Å². The number of benzene rings is 2. The van der Waals surface area contributed by atoms with Gasteiger partial charge in [0.25, 0.3) is 5.91 Å². The lowest BCUT2D eigenvalue weighted by molar-refractivity contribution is 0.102. The Bertz CT molecular complexity index is 1160. The number of carbonyl (C=O) groups is 1. The largest absolute Gasteiger partial charge is 0.383 e. The Morgan fingerprint density at radius 2 is 1.93 bits per heavy atom. The number of aromatic nitrogens is 2. The molecule has 0 atom stereocenters. The molecular weight excluding hydrogens is 360 g/mol. The summed E-state index contributed by atoms with van der Waals surface area (Å²) in [6.07, 6.45) is 6.26. The van der Waals surface area contributed by atoms with E-state index in [1.807, 2.05) is 44.2 Å². The highest BCUT2D eigenvalue weighted by Gasteiger charge is 2.10. The molecule has 4 aromatic rings. The maximum absolute atomic E-state index is 12.7. The van der Waals surface area contributed by atoms with Crippen LogP contribution in [0.25, 0.3) is 10.9 Å². The van der Waals surface area contributed by atoms with Gasteiger partial charge in [-0.2, -0.15) is 0 Å². The first-order valence-electron chi connectivity index (χ1n) is 9.73. The fraction of sp³-hybridized carbons (Fsp3) is 0.167. The third-order valence-corrected chi connectivity index (χ3v) is 5.25. The predicted molar refractivity (Wildman–Crippen MR) is 119 cm³/mol. The molecule has 2 aromatic heterocycles. The molecule has 0 aliphatic rings. The summed E-state index contributed by atoms with van der Waals surface area (Å²) in [6.45, 7) is 4.79. The van der Waals surface area contributed by atoms with E-state index in [-0.39, 0.29) is 5.91 Å². The second-order valence-corrected chi connectivity index (χ2v) is 7.20. The van der Waals surface area contributed by atoms with Gasteiger partial charge in [0.1, 0.15) is 0 Å². The zero-order valence-electron chi connectivity index (χ0n) is 16.6. The molecule has 2 heterocycles. The van der Waals surface area contributed by atoms with E-state index in [0.717, 1.165) is 41.0 Å². The zero-order valence-corrected chi connectivity index (χ0v) is 16.6. The molecule has 3 N–H and O–H groups in total. The lowest BCUT2D eigenvalue weighted by atomic mass is 10.1. The second kappa shape index (κ2) is 8.19. The van der Waals surface area contributed by atoms with Gasteiger partial charge >= 0.3 is 0 Å². The molecule has 0 fully saturated rings. The molecule has 4 rings (SSSR count). The smallest absolute Gasteiger partial charge is 0.257 e. The minimum atomic E-state index is -0.161. The van der Waals surface area contributed by atoms with Crippen LogP contribution in [0.15, 0.2) is 67.1 Å². The van der Waals surface area contributed by atoms with Gasteiger partial charge in [-0.25, -0.2) is 0 Å². The van der Waals surface area contributed by atoms with E-state index in [2.05, 4.69) is 45.0 Å². The highest BCUT2D eigenvalue weighted by molar-refractivity contribution is 6.05. The van der Waals surface area contributed by atoms with E-state index >= 15 is 0 Å². The first-order chi connectivity index (χ1) is 14.1. The summed E-state index contributed by atoms with van der Waals surface area (Å²) in [5.74, 6) is -0.161. The van der Waals surface area contributed by atoms with Gasteiger partial charge in [0.2, 0.25) is 0 Å². The molecule has 29 heavy (non-hydrogen) atoms. The SMILES string of the molecule is Cc1cccc(NC(=O)c2cncc(NCCc3c[nH]c4ccccc34)c2)c1C. The molecule has 1 amide bonds. The number of hydrogen-bond donors (Lipinski definition) is 3. The number of carbonyl (C=O) groups excluding carboxylic acids is 1. The van der Waals surface area contributed by atoms with Crippen LogP contribution in [-0.2, 0) is 6.42 Å². The monoisotopic (exact) mass is 384 g/mol. The highest BCUT2D eigenvalue weighted by atomic mass is 16.1. The first-order valence-corrected chi connectivity index (χ1v) is 9.73. The Balaban J connectivity index is 1.40. The van der Waals surface area contributed by atoms with Crippen molar-refractivity contribution in [3.63, 3.8) is 0 Å². The number of pyridine rings is 1. The van der Waals surface area contributed by atoms with Crippen LogP contribution < -0.4 is 10.6 Å². The van der Waals surface area contributed by atoms with Gasteiger partial charge in [-0.15, -0.1) is 0 Å². The van der Waals surface area contributed by atoms with E-state index < -0.39 is 0 Å². The van der Waals surface area contributed by atoms with Crippen molar-refractivity contribution in [2.24, 2.45) is 0 Å². The Morgan fingerprint density at radius 3 is 2.83 bits per heavy atom. The minimum absolute atomic E-state index is 0.161. The minimum Gasteiger partial charge on any atom is -0.383 e. The molecule has 0 spiro atoms. The normalized spacial score (nSPS) is 10.8. The summed E-state index contributed by atoms with van der Waals surface area (Å²) in [5, 5.41) is 7.60. The Labute approximate surface area is 170 Å². The molecule has 5 heteroatoms. The average molecular weight is 384 g/mol. The van der Waals surface area contributed by atoms with Gasteiger partial charge in [0.15, 0.2) is 0 Å². The number of amides is 1. The fourth-order valence-electron chi connectivity index (χ4n) is 3.42. The third kappa shape index (κ3) is 4.14. The Morgan fingerprint density at radius 1 is 1.07 bits per heavy atom. The standard InChI is InChI=1S/C24H24N4O/c1-16-6-5-9-22(17(16)2)28-24(29)19-12-20(15-25-13-19)26-11-10-18-14-27-23-8-4-3-7-21(18)23/h3-9,12-15,26-27H,10-11H2,1-2H3,(H,28,29). The number of hydrogen-bond acceptors (Lipinski definition) is 3. The van der Waals surface area contributed by atoms with Crippen LogP contribution in [0.2, 0.25) is 0 Å². The number of aryl methyl sites for hydroxylation is 1. The van der Waals surface area contributed by atoms with Crippen LogP contribution in [-0.4, -0.2) is 22.4 Å². The summed E-state index contributed by atoms with van der Waals surface area (Å²) in [7, 11) is 0. The summed E-state index contributed by atoms with van der Waals surface area (Å²) in [4.78, 5) is 20.2. The average Bonchev–Trinajstić information content (AvgIpc) is 3.15. The Kier molecular flexibility index (Phi) is 5.29. The van der Waals surface area contributed by atoms with Crippen molar-refractivity contribution in [2.75, 3.05) is 17.2 Å². The topological polar surface area (TPSA) is 69.8 Å². The van der Waals surface area contributed by atoms with Crippen molar-refractivity contribution in [3.05, 3.63) is 89.4 Å². The van der Waals surface area contributed by atoms with Crippen LogP contribution >= 0.6 is 0 Å². The number of nitrogens with zero attached hydrogens (tertiary/aromatic N) is 1. The van der Waals surface area contributed by atoms with Gasteiger partial charge in [0, 0.05) is 41.7 Å². The molecule has 0 radical (unpaired) electrons. The van der Waals surface area contributed by atoms with E-state index in [9.17, 15) is 4.79 Å². The molecule has 0 saturated carbocycles. The van der Waals surface area contributed by atoms with Gasteiger partial charge in [0.05, 0.1) is 11.3 Å². The Hall–Kier alpha value is -3.60. The van der Waals surface area contributed by atoms with Crippen molar-refractivity contribution in [1.82, 2.24) is 9.97 Å². The highest BCUT2D eigenvalue weighted by Crippen LogP contribution is 2.20. The lowest BCUT2D eigenvalue weighted by Crippen LogP contribution is -2.14. The number of rotatable bonds is 6. The molecule has 0 bridgehead atoms. The van der Waals surface area contributed by atoms with Gasteiger partial charge < -0.3 is 15.6 Å². The quantitative estimate of drug-likeness (QED) is 0.434. The predicted octanol–water partition coefficient (Wildman–Crippen LogP) is 5.09. The van der Waals surface area contributed by atoms with E-state index in [1.165, 1.54) is 10.9 Å². The van der Waals surface area contributed by atoms with E-state index in [0.29, 0.717) is 5.56 Å². The van der Waals surface area contributed by atoms with Crippen LogP contribution in [0.4, 0.5) is 11.4 Å².